The van der Waals surface area contributed by atoms with Crippen molar-refractivity contribution in [3.8, 4) is 5.75 Å². The Hall–Kier alpha value is -3.59. The lowest BCUT2D eigenvalue weighted by Gasteiger charge is -2.48. The van der Waals surface area contributed by atoms with Crippen LogP contribution in [0.1, 0.15) is 35.3 Å². The maximum atomic E-state index is 13.6. The number of hydrogen-bond acceptors (Lipinski definition) is 6. The van der Waals surface area contributed by atoms with Gasteiger partial charge in [-0.3, -0.25) is 14.4 Å². The predicted molar refractivity (Wildman–Crippen MR) is 121 cm³/mol. The first-order chi connectivity index (χ1) is 17.4. The molecule has 2 aromatic rings. The van der Waals surface area contributed by atoms with E-state index in [1.54, 1.807) is 0 Å². The highest BCUT2D eigenvalue weighted by Crippen LogP contribution is 2.37. The van der Waals surface area contributed by atoms with E-state index in [-0.39, 0.29) is 47.8 Å². The van der Waals surface area contributed by atoms with Gasteiger partial charge in [0.15, 0.2) is 11.4 Å². The Morgan fingerprint density at radius 2 is 1.92 bits per heavy atom. The van der Waals surface area contributed by atoms with Crippen LogP contribution >= 0.6 is 0 Å². The maximum absolute atomic E-state index is 13.6. The zero-order chi connectivity index (χ0) is 26.7. The molecule has 0 atom stereocenters. The van der Waals surface area contributed by atoms with Gasteiger partial charge in [0.1, 0.15) is 22.9 Å². The number of amides is 3. The van der Waals surface area contributed by atoms with E-state index < -0.39 is 51.1 Å². The minimum atomic E-state index is -4.22. The topological polar surface area (TPSA) is 139 Å². The van der Waals surface area contributed by atoms with Crippen molar-refractivity contribution in [2.45, 2.75) is 35.7 Å². The molecule has 1 saturated heterocycles. The first-order valence-corrected chi connectivity index (χ1v) is 12.7. The molecule has 0 bridgehead atoms. The maximum Gasteiger partial charge on any atom is 0.312 e. The van der Waals surface area contributed by atoms with Crippen LogP contribution in [0.4, 0.5) is 18.9 Å². The fraction of sp³-hybridized carbons (Fsp3) is 0.409. The summed E-state index contributed by atoms with van der Waals surface area (Å²) in [5.41, 5.74) is -2.45. The van der Waals surface area contributed by atoms with Gasteiger partial charge < -0.3 is 24.8 Å². The summed E-state index contributed by atoms with van der Waals surface area (Å²) < 4.78 is 75.4. The highest BCUT2D eigenvalue weighted by Gasteiger charge is 2.52. The monoisotopic (exact) mass is 541 g/mol. The van der Waals surface area contributed by atoms with Crippen LogP contribution in [0.3, 0.4) is 0 Å². The van der Waals surface area contributed by atoms with E-state index in [9.17, 15) is 36.0 Å². The average Bonchev–Trinajstić information content (AvgIpc) is 3.56. The summed E-state index contributed by atoms with van der Waals surface area (Å²) in [6, 6.07) is 2.65. The number of halogens is 3. The molecule has 1 aromatic carbocycles. The second-order valence-electron chi connectivity index (χ2n) is 9.36. The molecule has 15 heteroatoms. The van der Waals surface area contributed by atoms with E-state index in [1.807, 2.05) is 0 Å². The minimum Gasteiger partial charge on any atom is -0.488 e. The minimum absolute atomic E-state index is 0.0110. The lowest BCUT2D eigenvalue weighted by atomic mass is 9.92. The van der Waals surface area contributed by atoms with Gasteiger partial charge in [0.05, 0.1) is 5.56 Å². The van der Waals surface area contributed by atoms with Crippen molar-refractivity contribution in [3.05, 3.63) is 41.5 Å². The SMILES string of the molecule is Cn1cc2c(c1C(=O)Nc1ccc(F)c(C(F)F)c1)OCC1(CN(C(=O)C(=O)NC3CC3)C1)NS2(=O)=O. The van der Waals surface area contributed by atoms with Crippen molar-refractivity contribution >= 4 is 33.4 Å². The van der Waals surface area contributed by atoms with Crippen LogP contribution < -0.4 is 20.1 Å². The number of anilines is 1. The summed E-state index contributed by atoms with van der Waals surface area (Å²) in [5, 5.41) is 4.94. The number of aryl methyl sites for hydroxylation is 1. The van der Waals surface area contributed by atoms with Crippen molar-refractivity contribution < 1.29 is 40.7 Å². The van der Waals surface area contributed by atoms with Crippen LogP contribution in [-0.2, 0) is 26.7 Å². The summed E-state index contributed by atoms with van der Waals surface area (Å²) in [6.45, 7) is -0.482. The van der Waals surface area contributed by atoms with E-state index in [1.165, 1.54) is 16.5 Å². The smallest absolute Gasteiger partial charge is 0.312 e. The van der Waals surface area contributed by atoms with E-state index in [0.29, 0.717) is 0 Å². The Kier molecular flexibility index (Phi) is 5.94. The van der Waals surface area contributed by atoms with E-state index in [2.05, 4.69) is 15.4 Å². The number of benzene rings is 1. The Morgan fingerprint density at radius 3 is 2.57 bits per heavy atom. The number of fused-ring (bicyclic) bond motifs is 1. The third-order valence-corrected chi connectivity index (χ3v) is 7.89. The number of ether oxygens (including phenoxy) is 1. The predicted octanol–water partition coefficient (Wildman–Crippen LogP) is 0.884. The Labute approximate surface area is 209 Å². The van der Waals surface area contributed by atoms with Crippen LogP contribution in [0.5, 0.6) is 5.75 Å². The lowest BCUT2D eigenvalue weighted by molar-refractivity contribution is -0.152. The molecule has 198 valence electrons. The second-order valence-corrected chi connectivity index (χ2v) is 11.0. The number of nitrogens with zero attached hydrogens (tertiary/aromatic N) is 2. The number of likely N-dealkylation sites (tertiary alicyclic amines) is 1. The molecule has 37 heavy (non-hydrogen) atoms. The molecule has 11 nitrogen and oxygen atoms in total. The van der Waals surface area contributed by atoms with Gasteiger partial charge in [-0.05, 0) is 31.0 Å². The zero-order valence-corrected chi connectivity index (χ0v) is 20.2. The summed E-state index contributed by atoms with van der Waals surface area (Å²) in [5.74, 6) is -3.81. The molecule has 2 aliphatic heterocycles. The van der Waals surface area contributed by atoms with Crippen molar-refractivity contribution in [1.82, 2.24) is 19.5 Å². The van der Waals surface area contributed by atoms with E-state index in [0.717, 1.165) is 37.2 Å². The van der Waals surface area contributed by atoms with Crippen LogP contribution in [0, 0.1) is 5.82 Å². The van der Waals surface area contributed by atoms with Crippen LogP contribution in [0.25, 0.3) is 0 Å². The molecular formula is C22H22F3N5O6S. The molecule has 3 N–H and O–H groups in total. The molecule has 1 spiro atoms. The summed E-state index contributed by atoms with van der Waals surface area (Å²) in [7, 11) is -2.82. The highest BCUT2D eigenvalue weighted by atomic mass is 32.2. The van der Waals surface area contributed by atoms with E-state index in [4.69, 9.17) is 4.74 Å². The molecule has 1 aliphatic carbocycles. The van der Waals surface area contributed by atoms with Gasteiger partial charge >= 0.3 is 11.8 Å². The Balaban J connectivity index is 1.34. The first-order valence-electron chi connectivity index (χ1n) is 11.2. The normalized spacial score (nSPS) is 19.4. The van der Waals surface area contributed by atoms with Gasteiger partial charge in [0.2, 0.25) is 10.0 Å². The van der Waals surface area contributed by atoms with Gasteiger partial charge in [-0.15, -0.1) is 0 Å². The molecule has 0 unspecified atom stereocenters. The molecular weight excluding hydrogens is 519 g/mol. The number of alkyl halides is 2. The number of aromatic nitrogens is 1. The first kappa shape index (κ1) is 25.1. The van der Waals surface area contributed by atoms with Crippen LogP contribution in [0.15, 0.2) is 29.3 Å². The van der Waals surface area contributed by atoms with Crippen LogP contribution in [-0.4, -0.2) is 66.9 Å². The van der Waals surface area contributed by atoms with Gasteiger partial charge in [-0.2, -0.15) is 4.72 Å². The fourth-order valence-electron chi connectivity index (χ4n) is 4.33. The largest absolute Gasteiger partial charge is 0.488 e. The van der Waals surface area contributed by atoms with Crippen molar-refractivity contribution in [2.24, 2.45) is 7.05 Å². The third-order valence-electron chi connectivity index (χ3n) is 6.32. The van der Waals surface area contributed by atoms with Crippen molar-refractivity contribution in [2.75, 3.05) is 25.0 Å². The van der Waals surface area contributed by atoms with Gasteiger partial charge in [0.25, 0.3) is 12.3 Å². The molecule has 5 rings (SSSR count). The van der Waals surface area contributed by atoms with E-state index >= 15 is 0 Å². The second kappa shape index (κ2) is 8.76. The zero-order valence-electron chi connectivity index (χ0n) is 19.4. The third kappa shape index (κ3) is 4.64. The highest BCUT2D eigenvalue weighted by molar-refractivity contribution is 7.89. The molecule has 3 aliphatic rings. The average molecular weight is 542 g/mol. The number of carbonyl (C=O) groups excluding carboxylic acids is 3. The molecule has 1 saturated carbocycles. The van der Waals surface area contributed by atoms with Crippen molar-refractivity contribution in [1.29, 1.82) is 0 Å². The van der Waals surface area contributed by atoms with Crippen molar-refractivity contribution in [3.63, 3.8) is 0 Å². The fourth-order valence-corrected chi connectivity index (χ4v) is 5.90. The number of nitrogens with one attached hydrogen (secondary N) is 3. The summed E-state index contributed by atoms with van der Waals surface area (Å²) >= 11 is 0. The summed E-state index contributed by atoms with van der Waals surface area (Å²) in [4.78, 5) is 38.3. The number of sulfonamides is 1. The lowest BCUT2D eigenvalue weighted by Crippen LogP contribution is -2.74. The Bertz CT molecular complexity index is 1420. The number of carbonyl (C=O) groups is 3. The molecule has 3 amide bonds. The standard InChI is InChI=1S/C22H22F3N5O6S/c1-29-7-15-17(16(29)19(31)27-12-4-5-14(23)13(6-12)18(24)25)36-10-22(28-37(15,34)35)8-30(9-22)21(33)20(32)26-11-2-3-11/h4-7,11,18,28H,2-3,8-10H2,1H3,(H,26,32)(H,27,31). The number of rotatable bonds is 4. The molecule has 3 heterocycles. The van der Waals surface area contributed by atoms with Crippen LogP contribution in [0.2, 0.25) is 0 Å². The number of hydrogen-bond donors (Lipinski definition) is 3. The van der Waals surface area contributed by atoms with Gasteiger partial charge in [0, 0.05) is 38.1 Å². The molecule has 0 radical (unpaired) electrons. The quantitative estimate of drug-likeness (QED) is 0.492. The molecule has 2 fully saturated rings. The molecule has 1 aromatic heterocycles. The van der Waals surface area contributed by atoms with Gasteiger partial charge in [-0.1, -0.05) is 0 Å². The Morgan fingerprint density at radius 1 is 1.22 bits per heavy atom. The summed E-state index contributed by atoms with van der Waals surface area (Å²) in [6.07, 6.45) is -0.335. The van der Waals surface area contributed by atoms with Gasteiger partial charge in [-0.25, -0.2) is 21.6 Å².